The molecule has 30 heavy (non-hydrogen) atoms. The van der Waals surface area contributed by atoms with Crippen molar-refractivity contribution in [2.75, 3.05) is 13.1 Å². The van der Waals surface area contributed by atoms with Crippen molar-refractivity contribution in [2.24, 2.45) is 0 Å². The Bertz CT molecular complexity index is 1150. The number of piperidine rings is 1. The van der Waals surface area contributed by atoms with E-state index in [1.807, 2.05) is 0 Å². The van der Waals surface area contributed by atoms with E-state index in [1.54, 1.807) is 11.8 Å². The summed E-state index contributed by atoms with van der Waals surface area (Å²) in [7, 11) is -7.99. The van der Waals surface area contributed by atoms with Crippen LogP contribution in [0.5, 0.6) is 0 Å². The molecule has 2 aromatic carbocycles. The molecule has 0 radical (unpaired) electrons. The van der Waals surface area contributed by atoms with E-state index in [0.29, 0.717) is 31.5 Å². The Morgan fingerprint density at radius 1 is 1.00 bits per heavy atom. The lowest BCUT2D eigenvalue weighted by molar-refractivity contribution is -0.129. The highest BCUT2D eigenvalue weighted by atomic mass is 32.2. The number of sulfonamides is 1. The minimum absolute atomic E-state index is 0.0501. The molecule has 1 aliphatic rings. The minimum atomic E-state index is -4.01. The molecule has 0 bridgehead atoms. The van der Waals surface area contributed by atoms with E-state index in [2.05, 4.69) is 4.72 Å². The molecule has 1 fully saturated rings. The fourth-order valence-electron chi connectivity index (χ4n) is 3.38. The van der Waals surface area contributed by atoms with Crippen LogP contribution in [0.25, 0.3) is 0 Å². The van der Waals surface area contributed by atoms with E-state index in [-0.39, 0.29) is 26.6 Å². The number of halogens is 1. The quantitative estimate of drug-likeness (QED) is 0.699. The molecule has 1 amide bonds. The summed E-state index contributed by atoms with van der Waals surface area (Å²) in [5.41, 5.74) is 0.404. The average molecular weight is 455 g/mol. The van der Waals surface area contributed by atoms with Gasteiger partial charge in [-0.15, -0.1) is 0 Å². The summed E-state index contributed by atoms with van der Waals surface area (Å²) in [6.07, 6.45) is 0.955. The van der Waals surface area contributed by atoms with Crippen LogP contribution in [0.15, 0.2) is 57.2 Å². The molecule has 0 spiro atoms. The average Bonchev–Trinajstić information content (AvgIpc) is 2.68. The molecule has 1 aliphatic heterocycles. The monoisotopic (exact) mass is 454 g/mol. The van der Waals surface area contributed by atoms with Gasteiger partial charge in [-0.25, -0.2) is 25.9 Å². The third-order valence-corrected chi connectivity index (χ3v) is 8.58. The lowest BCUT2D eigenvalue weighted by Gasteiger charge is -2.31. The van der Waals surface area contributed by atoms with Crippen molar-refractivity contribution < 1.29 is 26.0 Å². The molecule has 10 heteroatoms. The van der Waals surface area contributed by atoms with E-state index in [1.165, 1.54) is 19.1 Å². The number of likely N-dealkylation sites (tertiary alicyclic amines) is 1. The van der Waals surface area contributed by atoms with Gasteiger partial charge in [-0.2, -0.15) is 0 Å². The summed E-state index contributed by atoms with van der Waals surface area (Å²) in [5, 5.41) is 0. The van der Waals surface area contributed by atoms with E-state index in [4.69, 9.17) is 0 Å². The Balaban J connectivity index is 1.87. The van der Waals surface area contributed by atoms with Gasteiger partial charge in [0.15, 0.2) is 0 Å². The van der Waals surface area contributed by atoms with Crippen LogP contribution in [0.2, 0.25) is 0 Å². The van der Waals surface area contributed by atoms with Gasteiger partial charge in [0.2, 0.25) is 25.8 Å². The van der Waals surface area contributed by atoms with Crippen molar-refractivity contribution in [1.82, 2.24) is 9.62 Å². The first-order valence-corrected chi connectivity index (χ1v) is 12.4. The maximum atomic E-state index is 13.1. The van der Waals surface area contributed by atoms with Gasteiger partial charge in [-0.3, -0.25) is 4.79 Å². The molecule has 0 aromatic heterocycles. The molecule has 7 nitrogen and oxygen atoms in total. The second-order valence-electron chi connectivity index (χ2n) is 7.29. The van der Waals surface area contributed by atoms with Gasteiger partial charge in [-0.05, 0) is 61.7 Å². The maximum absolute atomic E-state index is 13.1. The zero-order chi connectivity index (χ0) is 22.1. The summed E-state index contributed by atoms with van der Waals surface area (Å²) < 4.78 is 67.4. The number of nitrogens with zero attached hydrogens (tertiary/aromatic N) is 1. The number of nitrogens with one attached hydrogen (secondary N) is 1. The van der Waals surface area contributed by atoms with Crippen LogP contribution in [-0.2, 0) is 24.7 Å². The first-order valence-electron chi connectivity index (χ1n) is 9.40. The van der Waals surface area contributed by atoms with Gasteiger partial charge in [0.25, 0.3) is 0 Å². The van der Waals surface area contributed by atoms with Gasteiger partial charge in [0, 0.05) is 26.1 Å². The molecule has 1 N–H and O–H groups in total. The van der Waals surface area contributed by atoms with Gasteiger partial charge in [-0.1, -0.05) is 6.07 Å². The van der Waals surface area contributed by atoms with E-state index in [0.717, 1.165) is 30.3 Å². The molecule has 0 unspecified atom stereocenters. The molecule has 0 atom stereocenters. The predicted molar refractivity (Wildman–Crippen MR) is 109 cm³/mol. The number of aryl methyl sites for hydroxylation is 1. The minimum Gasteiger partial charge on any atom is -0.343 e. The largest absolute Gasteiger partial charge is 0.343 e. The van der Waals surface area contributed by atoms with E-state index < -0.39 is 25.7 Å². The standard InChI is InChI=1S/C20H23FN2O5S2/c1-14-3-6-19(29(25,26)18-7-4-16(21)5-8-18)13-20(14)30(27,28)22-17-9-11-23(12-10-17)15(2)24/h3-8,13,17,22H,9-12H2,1-2H3. The number of hydrogen-bond donors (Lipinski definition) is 1. The molecule has 2 aromatic rings. The number of benzene rings is 2. The second kappa shape index (κ2) is 8.44. The lowest BCUT2D eigenvalue weighted by atomic mass is 10.1. The van der Waals surface area contributed by atoms with Crippen molar-refractivity contribution >= 4 is 25.8 Å². The van der Waals surface area contributed by atoms with Gasteiger partial charge < -0.3 is 4.90 Å². The van der Waals surface area contributed by atoms with Crippen LogP contribution in [0.1, 0.15) is 25.3 Å². The molecular formula is C20H23FN2O5S2. The smallest absolute Gasteiger partial charge is 0.241 e. The lowest BCUT2D eigenvalue weighted by Crippen LogP contribution is -2.46. The first kappa shape index (κ1) is 22.4. The molecule has 0 saturated carbocycles. The van der Waals surface area contributed by atoms with Crippen molar-refractivity contribution in [3.63, 3.8) is 0 Å². The zero-order valence-electron chi connectivity index (χ0n) is 16.6. The van der Waals surface area contributed by atoms with Crippen LogP contribution >= 0.6 is 0 Å². The molecule has 1 heterocycles. The Kier molecular flexibility index (Phi) is 6.30. The zero-order valence-corrected chi connectivity index (χ0v) is 18.3. The van der Waals surface area contributed by atoms with Crippen LogP contribution in [0, 0.1) is 12.7 Å². The Morgan fingerprint density at radius 2 is 1.57 bits per heavy atom. The first-order chi connectivity index (χ1) is 14.0. The number of sulfone groups is 1. The highest BCUT2D eigenvalue weighted by molar-refractivity contribution is 7.91. The number of carbonyl (C=O) groups excluding carboxylic acids is 1. The van der Waals surface area contributed by atoms with E-state index in [9.17, 15) is 26.0 Å². The highest BCUT2D eigenvalue weighted by Gasteiger charge is 2.28. The van der Waals surface area contributed by atoms with Crippen LogP contribution in [0.3, 0.4) is 0 Å². The molecule has 0 aliphatic carbocycles. The predicted octanol–water partition coefficient (Wildman–Crippen LogP) is 2.26. The molecule has 1 saturated heterocycles. The van der Waals surface area contributed by atoms with Crippen LogP contribution < -0.4 is 4.72 Å². The topological polar surface area (TPSA) is 101 Å². The van der Waals surface area contributed by atoms with Gasteiger partial charge >= 0.3 is 0 Å². The number of hydrogen-bond acceptors (Lipinski definition) is 5. The third kappa shape index (κ3) is 4.71. The number of amides is 1. The molecule has 162 valence electrons. The van der Waals surface area contributed by atoms with E-state index >= 15 is 0 Å². The Morgan fingerprint density at radius 3 is 2.13 bits per heavy atom. The molecular weight excluding hydrogens is 431 g/mol. The molecule has 3 rings (SSSR count). The summed E-state index contributed by atoms with van der Waals surface area (Å²) in [6.45, 7) is 3.98. The number of carbonyl (C=O) groups is 1. The Hall–Kier alpha value is -2.30. The normalized spacial score (nSPS) is 15.9. The summed E-state index contributed by atoms with van der Waals surface area (Å²) in [6, 6.07) is 7.89. The fraction of sp³-hybridized carbons (Fsp3) is 0.350. The van der Waals surface area contributed by atoms with Gasteiger partial charge in [0.05, 0.1) is 14.7 Å². The fourth-order valence-corrected chi connectivity index (χ4v) is 6.32. The summed E-state index contributed by atoms with van der Waals surface area (Å²) in [5.74, 6) is -0.619. The van der Waals surface area contributed by atoms with Crippen molar-refractivity contribution in [2.45, 2.75) is 47.4 Å². The second-order valence-corrected chi connectivity index (χ2v) is 10.9. The summed E-state index contributed by atoms with van der Waals surface area (Å²) >= 11 is 0. The van der Waals surface area contributed by atoms with Crippen molar-refractivity contribution in [1.29, 1.82) is 0 Å². The van der Waals surface area contributed by atoms with Crippen molar-refractivity contribution in [3.05, 3.63) is 53.8 Å². The SMILES string of the molecule is CC(=O)N1CCC(NS(=O)(=O)c2cc(S(=O)(=O)c3ccc(F)cc3)ccc2C)CC1. The third-order valence-electron chi connectivity index (χ3n) is 5.15. The summed E-state index contributed by atoms with van der Waals surface area (Å²) in [4.78, 5) is 12.7. The number of rotatable bonds is 5. The van der Waals surface area contributed by atoms with Crippen molar-refractivity contribution in [3.8, 4) is 0 Å². The Labute approximate surface area is 175 Å². The highest BCUT2D eigenvalue weighted by Crippen LogP contribution is 2.26. The van der Waals surface area contributed by atoms with Crippen LogP contribution in [0.4, 0.5) is 4.39 Å². The van der Waals surface area contributed by atoms with Gasteiger partial charge in [0.1, 0.15) is 5.82 Å². The maximum Gasteiger partial charge on any atom is 0.241 e. The van der Waals surface area contributed by atoms with Crippen LogP contribution in [-0.4, -0.2) is 46.8 Å².